The zero-order chi connectivity index (χ0) is 19.3. The van der Waals surface area contributed by atoms with E-state index in [9.17, 15) is 13.6 Å². The van der Waals surface area contributed by atoms with Gasteiger partial charge in [-0.25, -0.2) is 4.98 Å². The van der Waals surface area contributed by atoms with Crippen molar-refractivity contribution < 1.29 is 18.3 Å². The second-order valence-electron chi connectivity index (χ2n) is 6.67. The van der Waals surface area contributed by atoms with Crippen LogP contribution >= 0.6 is 0 Å². The van der Waals surface area contributed by atoms with E-state index in [-0.39, 0.29) is 17.7 Å². The van der Waals surface area contributed by atoms with E-state index < -0.39 is 6.61 Å². The molecule has 4 rings (SSSR count). The van der Waals surface area contributed by atoms with E-state index in [4.69, 9.17) is 9.72 Å². The fourth-order valence-electron chi connectivity index (χ4n) is 3.74. The third-order valence-electron chi connectivity index (χ3n) is 4.98. The highest BCUT2D eigenvalue weighted by Gasteiger charge is 2.35. The molecule has 27 heavy (non-hydrogen) atoms. The number of rotatable bonds is 3. The van der Waals surface area contributed by atoms with Gasteiger partial charge in [-0.1, -0.05) is 19.1 Å². The molecule has 0 aliphatic carbocycles. The van der Waals surface area contributed by atoms with Gasteiger partial charge < -0.3 is 9.64 Å². The Morgan fingerprint density at radius 3 is 2.74 bits per heavy atom. The first-order valence-electron chi connectivity index (χ1n) is 8.76. The number of alkyl halides is 2. The van der Waals surface area contributed by atoms with Crippen LogP contribution in [0.25, 0.3) is 16.7 Å². The van der Waals surface area contributed by atoms with Crippen LogP contribution < -0.4 is 4.74 Å². The number of nitrogens with zero attached hydrogens (tertiary/aromatic N) is 3. The largest absolute Gasteiger partial charge is 0.433 e. The smallest absolute Gasteiger partial charge is 0.387 e. The van der Waals surface area contributed by atoms with Crippen molar-refractivity contribution in [2.75, 3.05) is 7.05 Å². The van der Waals surface area contributed by atoms with E-state index >= 15 is 0 Å². The van der Waals surface area contributed by atoms with Crippen molar-refractivity contribution in [3.8, 4) is 11.4 Å². The molecule has 0 bridgehead atoms. The van der Waals surface area contributed by atoms with Crippen LogP contribution in [0.15, 0.2) is 36.4 Å². The molecule has 1 aromatic heterocycles. The second-order valence-corrected chi connectivity index (χ2v) is 6.67. The Morgan fingerprint density at radius 1 is 1.26 bits per heavy atom. The van der Waals surface area contributed by atoms with Gasteiger partial charge in [-0.05, 0) is 43.2 Å². The van der Waals surface area contributed by atoms with Crippen LogP contribution in [0, 0.1) is 6.92 Å². The molecule has 0 saturated carbocycles. The van der Waals surface area contributed by atoms with Gasteiger partial charge in [-0.15, -0.1) is 0 Å². The van der Waals surface area contributed by atoms with Gasteiger partial charge in [0, 0.05) is 7.05 Å². The maximum absolute atomic E-state index is 13.1. The van der Waals surface area contributed by atoms with Gasteiger partial charge in [0.25, 0.3) is 5.91 Å². The highest BCUT2D eigenvalue weighted by molar-refractivity contribution is 6.00. The minimum Gasteiger partial charge on any atom is -0.433 e. The summed E-state index contributed by atoms with van der Waals surface area (Å²) in [5.74, 6) is 0.351. The molecule has 7 heteroatoms. The highest BCUT2D eigenvalue weighted by atomic mass is 19.3. The van der Waals surface area contributed by atoms with Crippen LogP contribution in [-0.4, -0.2) is 34.0 Å². The highest BCUT2D eigenvalue weighted by Crippen LogP contribution is 2.40. The Labute approximate surface area is 155 Å². The Bertz CT molecular complexity index is 1050. The zero-order valence-corrected chi connectivity index (χ0v) is 15.2. The van der Waals surface area contributed by atoms with E-state index in [0.29, 0.717) is 23.5 Å². The number of halogens is 2. The van der Waals surface area contributed by atoms with Gasteiger partial charge in [-0.2, -0.15) is 8.78 Å². The number of imidazole rings is 1. The lowest BCUT2D eigenvalue weighted by atomic mass is 10.1. The van der Waals surface area contributed by atoms with E-state index in [1.54, 1.807) is 28.6 Å². The lowest BCUT2D eigenvalue weighted by Crippen LogP contribution is -2.30. The molecular weight excluding hydrogens is 352 g/mol. The minimum atomic E-state index is -2.99. The number of hydrogen-bond acceptors (Lipinski definition) is 3. The molecule has 0 radical (unpaired) electrons. The SMILES string of the molecule is CCC1c2nc3ccc(C)cc3n2-c2c(OC(F)F)cccc2C(=O)N1C. The monoisotopic (exact) mass is 371 g/mol. The summed E-state index contributed by atoms with van der Waals surface area (Å²) in [7, 11) is 1.71. The van der Waals surface area contributed by atoms with Crippen molar-refractivity contribution in [3.63, 3.8) is 0 Å². The predicted octanol–water partition coefficient (Wildman–Crippen LogP) is 4.47. The number of carbonyl (C=O) groups excluding carboxylic acids is 1. The fourth-order valence-corrected chi connectivity index (χ4v) is 3.74. The van der Waals surface area contributed by atoms with E-state index in [1.165, 1.54) is 6.07 Å². The van der Waals surface area contributed by atoms with Crippen molar-refractivity contribution in [2.45, 2.75) is 32.9 Å². The summed E-state index contributed by atoms with van der Waals surface area (Å²) in [6.07, 6.45) is 0.642. The standard InChI is InChI=1S/C20H19F2N3O2/c1-4-14-18-23-13-9-8-11(2)10-15(13)25(18)17-12(19(26)24(14)3)6-5-7-16(17)27-20(21)22/h5-10,14,20H,4H2,1-3H3. The first kappa shape index (κ1) is 17.5. The van der Waals surface area contributed by atoms with Crippen molar-refractivity contribution in [3.05, 3.63) is 53.3 Å². The van der Waals surface area contributed by atoms with Crippen molar-refractivity contribution >= 4 is 16.9 Å². The lowest BCUT2D eigenvalue weighted by Gasteiger charge is -2.24. The Morgan fingerprint density at radius 2 is 2.04 bits per heavy atom. The van der Waals surface area contributed by atoms with E-state index in [0.717, 1.165) is 16.6 Å². The molecule has 0 N–H and O–H groups in total. The Kier molecular flexibility index (Phi) is 4.09. The van der Waals surface area contributed by atoms with E-state index in [2.05, 4.69) is 0 Å². The van der Waals surface area contributed by atoms with Gasteiger partial charge in [-0.3, -0.25) is 9.36 Å². The number of aryl methyl sites for hydroxylation is 1. The first-order chi connectivity index (χ1) is 12.9. The molecule has 1 atom stereocenters. The second kappa shape index (κ2) is 6.33. The minimum absolute atomic E-state index is 0.0388. The molecule has 3 aromatic rings. The van der Waals surface area contributed by atoms with Crippen LogP contribution in [-0.2, 0) is 0 Å². The van der Waals surface area contributed by atoms with Crippen molar-refractivity contribution in [1.82, 2.24) is 14.5 Å². The molecule has 0 spiro atoms. The normalized spacial score (nSPS) is 16.4. The van der Waals surface area contributed by atoms with Crippen LogP contribution in [0.4, 0.5) is 8.78 Å². The molecule has 1 unspecified atom stereocenters. The van der Waals surface area contributed by atoms with Crippen LogP contribution in [0.5, 0.6) is 5.75 Å². The van der Waals surface area contributed by atoms with Gasteiger partial charge >= 0.3 is 6.61 Å². The van der Waals surface area contributed by atoms with Gasteiger partial charge in [0.2, 0.25) is 0 Å². The third kappa shape index (κ3) is 2.65. The number of amides is 1. The predicted molar refractivity (Wildman–Crippen MR) is 97.6 cm³/mol. The molecule has 5 nitrogen and oxygen atoms in total. The molecule has 1 aliphatic heterocycles. The molecule has 0 fully saturated rings. The quantitative estimate of drug-likeness (QED) is 0.682. The van der Waals surface area contributed by atoms with Crippen LogP contribution in [0.1, 0.15) is 41.1 Å². The number of para-hydroxylation sites is 1. The summed E-state index contributed by atoms with van der Waals surface area (Å²) in [4.78, 5) is 19.4. The average molecular weight is 371 g/mol. The zero-order valence-electron chi connectivity index (χ0n) is 15.2. The topological polar surface area (TPSA) is 47.4 Å². The van der Waals surface area contributed by atoms with Gasteiger partial charge in [0.05, 0.1) is 22.6 Å². The summed E-state index contributed by atoms with van der Waals surface area (Å²) in [6, 6.07) is 10.2. The molecule has 0 saturated heterocycles. The molecule has 1 amide bonds. The number of benzene rings is 2. The number of fused-ring (bicyclic) bond motifs is 5. The summed E-state index contributed by atoms with van der Waals surface area (Å²) in [5.41, 5.74) is 3.14. The molecule has 2 aromatic carbocycles. The fraction of sp³-hybridized carbons (Fsp3) is 0.300. The number of ether oxygens (including phenoxy) is 1. The average Bonchev–Trinajstić information content (AvgIpc) is 2.95. The van der Waals surface area contributed by atoms with Crippen molar-refractivity contribution in [2.24, 2.45) is 0 Å². The van der Waals surface area contributed by atoms with E-state index in [1.807, 2.05) is 32.0 Å². The summed E-state index contributed by atoms with van der Waals surface area (Å²) >= 11 is 0. The summed E-state index contributed by atoms with van der Waals surface area (Å²) in [6.45, 7) is 0.929. The van der Waals surface area contributed by atoms with Crippen LogP contribution in [0.3, 0.4) is 0 Å². The third-order valence-corrected chi connectivity index (χ3v) is 4.98. The number of hydrogen-bond donors (Lipinski definition) is 0. The first-order valence-corrected chi connectivity index (χ1v) is 8.76. The molecule has 2 heterocycles. The molecule has 140 valence electrons. The van der Waals surface area contributed by atoms with Crippen LogP contribution in [0.2, 0.25) is 0 Å². The Hall–Kier alpha value is -2.96. The lowest BCUT2D eigenvalue weighted by molar-refractivity contribution is -0.0498. The number of aromatic nitrogens is 2. The maximum atomic E-state index is 13.1. The molecule has 1 aliphatic rings. The molecular formula is C20H19F2N3O2. The summed E-state index contributed by atoms with van der Waals surface area (Å²) < 4.78 is 32.7. The Balaban J connectivity index is 2.14. The van der Waals surface area contributed by atoms with Gasteiger partial charge in [0.1, 0.15) is 11.5 Å². The van der Waals surface area contributed by atoms with Crippen molar-refractivity contribution in [1.29, 1.82) is 0 Å². The van der Waals surface area contributed by atoms with Gasteiger partial charge in [0.15, 0.2) is 5.75 Å². The summed E-state index contributed by atoms with van der Waals surface area (Å²) in [5, 5.41) is 0. The maximum Gasteiger partial charge on any atom is 0.387 e. The number of carbonyl (C=O) groups is 1.